The highest BCUT2D eigenvalue weighted by Crippen LogP contribution is 2.52. The molecule has 0 saturated carbocycles. The van der Waals surface area contributed by atoms with Gasteiger partial charge in [-0.25, -0.2) is 17.5 Å². The summed E-state index contributed by atoms with van der Waals surface area (Å²) in [4.78, 5) is 2.67. The first-order valence-electron chi connectivity index (χ1n) is 25.9. The molecule has 2 fully saturated rings. The van der Waals surface area contributed by atoms with Gasteiger partial charge in [-0.05, 0) is 55.1 Å². The van der Waals surface area contributed by atoms with Crippen molar-refractivity contribution in [2.75, 3.05) is 80.5 Å². The van der Waals surface area contributed by atoms with Gasteiger partial charge < -0.3 is 42.2 Å². The number of hydrogen-bond donors (Lipinski definition) is 0. The van der Waals surface area contributed by atoms with Crippen LogP contribution in [0.5, 0.6) is 0 Å². The standard InChI is InChI=1S/C47H65N6O15P2.C7H8O3S/c1-47(2)60-35-41(68-47)34-59-46-45(58-31-39-21-13-8-14-22-39)44(57-30-38-19-11-7-12-20-38)43(56-29-37-17-9-6-10-18-37)42(67-46)36-66-70(55,62-27-16-24-49)65-33-40(51-52-50)32-64-69(54,61-26-15-23-48)63-28-25-53(3,4)5;1-6-2-4-7(5-3-6)11(8,9)10/h6-14,17-22,40-46H,15-16,25-36H2,1-5H3;2-5H,1H3,(H,8,9,10)/q+1;/p-1/t40-,41-,42+,43+,44-,45+,46-,69?,70?;/m0./s1. The van der Waals surface area contributed by atoms with Crippen molar-refractivity contribution < 1.29 is 86.9 Å². The number of likely N-dealkylation sites (N-methyl/N-ethyl adjacent to an activating group) is 1. The molecule has 4 aromatic rings. The second-order valence-corrected chi connectivity index (χ2v) is 24.6. The SMILES string of the molecule is CC1(C)OC[C@H](CO[C@H]2O[C@H](COP(=O)(OCCC#N)OC[C@H](COP(=O)(OCCC#N)OCC[N+](C)(C)C)N=[N+]=[N-])[C@@H](OCc3ccccc3)[C@H](OCc3ccccc3)[C@H]2OCc2ccccc2)O1.Cc1ccc(S(=O)(=O)[O-])cc1. The van der Waals surface area contributed by atoms with Gasteiger partial charge in [-0.3, -0.25) is 27.1 Å². The van der Waals surface area contributed by atoms with E-state index in [1.54, 1.807) is 26.0 Å². The lowest BCUT2D eigenvalue weighted by atomic mass is 9.98. The number of nitriles is 2. The summed E-state index contributed by atoms with van der Waals surface area (Å²) in [5.41, 5.74) is 13.0. The summed E-state index contributed by atoms with van der Waals surface area (Å²) in [7, 11) is -7.53. The number of phosphoric ester groups is 2. The Morgan fingerprint density at radius 3 is 1.64 bits per heavy atom. The minimum Gasteiger partial charge on any atom is -0.744 e. The Bertz CT molecular complexity index is 2840. The Kier molecular flexibility index (Phi) is 27.5. The van der Waals surface area contributed by atoms with Crippen molar-refractivity contribution >= 4 is 25.8 Å². The second-order valence-electron chi connectivity index (χ2n) is 19.8. The molecule has 2 saturated heterocycles. The van der Waals surface area contributed by atoms with Crippen molar-refractivity contribution in [1.82, 2.24) is 0 Å². The molecule has 27 heteroatoms. The minimum absolute atomic E-state index is 0.0318. The molecule has 0 radical (unpaired) electrons. The van der Waals surface area contributed by atoms with Crippen LogP contribution in [-0.2, 0) is 99.4 Å². The van der Waals surface area contributed by atoms with Crippen LogP contribution < -0.4 is 0 Å². The summed E-state index contributed by atoms with van der Waals surface area (Å²) >= 11 is 0. The van der Waals surface area contributed by atoms with Crippen LogP contribution in [0.4, 0.5) is 0 Å². The quantitative estimate of drug-likeness (QED) is 0.00816. The van der Waals surface area contributed by atoms with E-state index in [4.69, 9.17) is 65.6 Å². The van der Waals surface area contributed by atoms with E-state index in [-0.39, 0.29) is 70.6 Å². The largest absolute Gasteiger partial charge is 0.744 e. The number of rotatable bonds is 33. The van der Waals surface area contributed by atoms with E-state index in [0.717, 1.165) is 22.3 Å². The number of nitrogens with zero attached hydrogens (tertiary/aromatic N) is 6. The molecule has 2 unspecified atom stereocenters. The average Bonchev–Trinajstić information content (AvgIpc) is 3.79. The lowest BCUT2D eigenvalue weighted by Crippen LogP contribution is -2.62. The predicted octanol–water partition coefficient (Wildman–Crippen LogP) is 9.06. The average molecular weight is 1190 g/mol. The summed E-state index contributed by atoms with van der Waals surface area (Å²) in [6.45, 7) is 4.12. The Balaban J connectivity index is 0.000000975. The van der Waals surface area contributed by atoms with Crippen molar-refractivity contribution in [3.05, 3.63) is 148 Å². The van der Waals surface area contributed by atoms with E-state index in [1.807, 2.05) is 131 Å². The number of quaternary nitrogens is 1. The van der Waals surface area contributed by atoms with E-state index >= 15 is 0 Å². The molecule has 4 aromatic carbocycles. The zero-order chi connectivity index (χ0) is 58.8. The number of benzene rings is 4. The van der Waals surface area contributed by atoms with Crippen LogP contribution in [0.3, 0.4) is 0 Å². The van der Waals surface area contributed by atoms with Crippen LogP contribution in [0.2, 0.25) is 0 Å². The third-order valence-electron chi connectivity index (χ3n) is 11.7. The topological polar surface area (TPSA) is 308 Å². The third kappa shape index (κ3) is 24.8. The van der Waals surface area contributed by atoms with Gasteiger partial charge in [0.05, 0.1) is 123 Å². The summed E-state index contributed by atoms with van der Waals surface area (Å²) in [5.74, 6) is -0.833. The van der Waals surface area contributed by atoms with E-state index in [2.05, 4.69) is 10.0 Å². The summed E-state index contributed by atoms with van der Waals surface area (Å²) in [5, 5.41) is 22.1. The first-order valence-corrected chi connectivity index (χ1v) is 30.2. The molecule has 0 bridgehead atoms. The molecule has 0 N–H and O–H groups in total. The first-order chi connectivity index (χ1) is 38.6. The fourth-order valence-corrected chi connectivity index (χ4v) is 10.4. The lowest BCUT2D eigenvalue weighted by Gasteiger charge is -2.46. The number of azide groups is 1. The maximum absolute atomic E-state index is 14.6. The van der Waals surface area contributed by atoms with Crippen molar-refractivity contribution in [2.24, 2.45) is 5.11 Å². The molecule has 0 spiro atoms. The zero-order valence-electron chi connectivity index (χ0n) is 46.2. The van der Waals surface area contributed by atoms with Gasteiger partial charge in [0.2, 0.25) is 0 Å². The lowest BCUT2D eigenvalue weighted by molar-refractivity contribution is -0.870. The summed E-state index contributed by atoms with van der Waals surface area (Å²) in [6, 6.07) is 36.9. The normalized spacial score (nSPS) is 21.6. The molecule has 0 aliphatic carbocycles. The Morgan fingerprint density at radius 1 is 0.704 bits per heavy atom. The van der Waals surface area contributed by atoms with Gasteiger partial charge in [0.25, 0.3) is 0 Å². The van der Waals surface area contributed by atoms with Crippen LogP contribution in [0.25, 0.3) is 10.4 Å². The fraction of sp³-hybridized carbons (Fsp3) is 0.519. The molecular weight excluding hydrogens is 1110 g/mol. The molecule has 81 heavy (non-hydrogen) atoms. The Hall–Kier alpha value is -5.02. The molecular formula is C54H72N6O18P2S. The van der Waals surface area contributed by atoms with Gasteiger partial charge in [-0.15, -0.1) is 0 Å². The third-order valence-corrected chi connectivity index (χ3v) is 15.4. The van der Waals surface area contributed by atoms with Crippen molar-refractivity contribution in [3.63, 3.8) is 0 Å². The minimum atomic E-state index is -4.68. The maximum atomic E-state index is 14.6. The highest BCUT2D eigenvalue weighted by atomic mass is 32.2. The number of aryl methyl sites for hydroxylation is 1. The molecule has 2 aliphatic heterocycles. The second kappa shape index (κ2) is 33.3. The van der Waals surface area contributed by atoms with E-state index in [9.17, 15) is 32.9 Å². The van der Waals surface area contributed by atoms with Gasteiger partial charge in [0, 0.05) is 4.91 Å². The van der Waals surface area contributed by atoms with Crippen LogP contribution in [0.15, 0.2) is 125 Å². The van der Waals surface area contributed by atoms with Crippen molar-refractivity contribution in [3.8, 4) is 12.1 Å². The summed E-state index contributed by atoms with van der Waals surface area (Å²) in [6.07, 6.45) is -5.84. The first kappa shape index (κ1) is 66.8. The van der Waals surface area contributed by atoms with Crippen LogP contribution in [-0.4, -0.2) is 147 Å². The number of phosphoric acid groups is 2. The van der Waals surface area contributed by atoms with Gasteiger partial charge in [0.15, 0.2) is 12.1 Å². The van der Waals surface area contributed by atoms with Crippen molar-refractivity contribution in [2.45, 2.75) is 107 Å². The number of hydrogen-bond acceptors (Lipinski definition) is 21. The van der Waals surface area contributed by atoms with Gasteiger partial charge >= 0.3 is 15.6 Å². The van der Waals surface area contributed by atoms with E-state index in [1.165, 1.54) is 12.1 Å². The fourth-order valence-electron chi connectivity index (χ4n) is 7.53. The van der Waals surface area contributed by atoms with Crippen LogP contribution >= 0.6 is 15.6 Å². The van der Waals surface area contributed by atoms with Crippen LogP contribution in [0, 0.1) is 29.6 Å². The molecule has 9 atom stereocenters. The highest BCUT2D eigenvalue weighted by molar-refractivity contribution is 7.85. The monoisotopic (exact) mass is 1190 g/mol. The Morgan fingerprint density at radius 2 is 1.19 bits per heavy atom. The highest BCUT2D eigenvalue weighted by Gasteiger charge is 2.50. The molecule has 2 aliphatic rings. The molecule has 2 heterocycles. The van der Waals surface area contributed by atoms with Gasteiger partial charge in [-0.2, -0.15) is 10.5 Å². The Labute approximate surface area is 474 Å². The molecule has 0 amide bonds. The maximum Gasteiger partial charge on any atom is 0.475 e. The molecule has 6 rings (SSSR count). The van der Waals surface area contributed by atoms with E-state index in [0.29, 0.717) is 11.0 Å². The molecule has 24 nitrogen and oxygen atoms in total. The molecule has 442 valence electrons. The zero-order valence-corrected chi connectivity index (χ0v) is 48.9. The van der Waals surface area contributed by atoms with Crippen LogP contribution in [0.1, 0.15) is 48.9 Å². The molecule has 0 aromatic heterocycles. The predicted molar refractivity (Wildman–Crippen MR) is 291 cm³/mol. The van der Waals surface area contributed by atoms with Gasteiger partial charge in [-0.1, -0.05) is 114 Å². The van der Waals surface area contributed by atoms with E-state index < -0.39 is 94.2 Å². The van der Waals surface area contributed by atoms with Crippen molar-refractivity contribution in [1.29, 1.82) is 10.5 Å². The number of ether oxygens (including phenoxy) is 7. The summed E-state index contributed by atoms with van der Waals surface area (Å²) < 4.78 is 139. The smallest absolute Gasteiger partial charge is 0.475 e. The van der Waals surface area contributed by atoms with Gasteiger partial charge in [0.1, 0.15) is 53.8 Å².